The molecule has 0 saturated heterocycles. The Labute approximate surface area is 192 Å². The Kier molecular flexibility index (Phi) is 6.51. The summed E-state index contributed by atoms with van der Waals surface area (Å²) in [6.45, 7) is 6.43. The van der Waals surface area contributed by atoms with Crippen LogP contribution in [0.5, 0.6) is 0 Å². The number of aliphatic hydroxyl groups is 1. The van der Waals surface area contributed by atoms with Gasteiger partial charge in [-0.15, -0.1) is 0 Å². The third kappa shape index (κ3) is 4.12. The molecular weight excluding hydrogens is 420 g/mol. The Morgan fingerprint density at radius 3 is 2.45 bits per heavy atom. The van der Waals surface area contributed by atoms with E-state index in [2.05, 4.69) is 18.7 Å². The Morgan fingerprint density at radius 1 is 1.12 bits per heavy atom. The predicted octanol–water partition coefficient (Wildman–Crippen LogP) is 4.50. The van der Waals surface area contributed by atoms with E-state index in [9.17, 15) is 14.7 Å². The maximum absolute atomic E-state index is 13.5. The second-order valence-electron chi connectivity index (χ2n) is 7.90. The maximum Gasteiger partial charge on any atom is 0.290 e. The van der Waals surface area contributed by atoms with Gasteiger partial charge < -0.3 is 24.1 Å². The number of ketones is 1. The second kappa shape index (κ2) is 9.50. The Hall–Kier alpha value is -3.58. The van der Waals surface area contributed by atoms with Crippen molar-refractivity contribution in [3.8, 4) is 0 Å². The molecule has 1 aliphatic heterocycles. The van der Waals surface area contributed by atoms with Crippen molar-refractivity contribution >= 4 is 28.3 Å². The van der Waals surface area contributed by atoms with Gasteiger partial charge in [0.1, 0.15) is 5.58 Å². The number of amides is 1. The molecule has 1 aliphatic rings. The van der Waals surface area contributed by atoms with E-state index in [-0.39, 0.29) is 24.5 Å². The highest BCUT2D eigenvalue weighted by Gasteiger charge is 2.44. The van der Waals surface area contributed by atoms with Crippen LogP contribution in [0.15, 0.2) is 70.3 Å². The van der Waals surface area contributed by atoms with Crippen LogP contribution in [-0.4, -0.2) is 55.0 Å². The lowest BCUT2D eigenvalue weighted by Crippen LogP contribution is -2.34. The summed E-state index contributed by atoms with van der Waals surface area (Å²) in [4.78, 5) is 30.1. The van der Waals surface area contributed by atoms with Crippen molar-refractivity contribution in [1.29, 1.82) is 0 Å². The van der Waals surface area contributed by atoms with Crippen molar-refractivity contribution < 1.29 is 23.8 Å². The number of fused-ring (bicyclic) bond motifs is 1. The molecule has 0 bridgehead atoms. The summed E-state index contributed by atoms with van der Waals surface area (Å²) in [5.41, 5.74) is 2.38. The zero-order valence-electron chi connectivity index (χ0n) is 19.1. The first-order valence-corrected chi connectivity index (χ1v) is 11.1. The molecule has 0 spiro atoms. The molecule has 7 heteroatoms. The average molecular weight is 449 g/mol. The fourth-order valence-electron chi connectivity index (χ4n) is 4.34. The number of ether oxygens (including phenoxy) is 1. The highest BCUT2D eigenvalue weighted by molar-refractivity contribution is 6.16. The number of anilines is 1. The normalized spacial score (nSPS) is 16.2. The molecule has 0 fully saturated rings. The van der Waals surface area contributed by atoms with E-state index in [4.69, 9.17) is 9.15 Å². The number of benzene rings is 2. The van der Waals surface area contributed by atoms with E-state index in [0.29, 0.717) is 5.58 Å². The molecule has 7 nitrogen and oxygen atoms in total. The van der Waals surface area contributed by atoms with Crippen molar-refractivity contribution in [1.82, 2.24) is 4.90 Å². The van der Waals surface area contributed by atoms with Crippen LogP contribution in [0.2, 0.25) is 0 Å². The molecule has 4 rings (SSSR count). The summed E-state index contributed by atoms with van der Waals surface area (Å²) < 4.78 is 10.9. The van der Waals surface area contributed by atoms with Gasteiger partial charge in [-0.05, 0) is 43.7 Å². The van der Waals surface area contributed by atoms with E-state index in [1.54, 1.807) is 19.2 Å². The molecule has 2 heterocycles. The van der Waals surface area contributed by atoms with Crippen LogP contribution in [0, 0.1) is 0 Å². The van der Waals surface area contributed by atoms with Gasteiger partial charge in [-0.1, -0.05) is 30.3 Å². The number of Topliss-reactive ketones (excluding diaryl/α,β-unsaturated/α-hetero) is 1. The first-order valence-electron chi connectivity index (χ1n) is 11.1. The first kappa shape index (κ1) is 22.6. The molecule has 1 aromatic heterocycles. The van der Waals surface area contributed by atoms with Gasteiger partial charge in [-0.2, -0.15) is 0 Å². The fraction of sp³-hybridized carbons (Fsp3) is 0.308. The lowest BCUT2D eigenvalue weighted by atomic mass is 9.94. The van der Waals surface area contributed by atoms with Crippen LogP contribution >= 0.6 is 0 Å². The number of nitrogens with zero attached hydrogens (tertiary/aromatic N) is 2. The van der Waals surface area contributed by atoms with Gasteiger partial charge in [0.05, 0.1) is 18.2 Å². The number of hydrogen-bond acceptors (Lipinski definition) is 6. The van der Waals surface area contributed by atoms with E-state index in [0.717, 1.165) is 29.7 Å². The van der Waals surface area contributed by atoms with Gasteiger partial charge in [0.15, 0.2) is 11.5 Å². The standard InChI is InChI=1S/C26H28N2O5/c1-4-27(5-2)19-12-10-17(11-13-19)23-22(25(30)26(31)28(23)14-15-32-3)24(29)21-16-18-8-6-7-9-20(18)33-21/h6-13,16,23,30H,4-5,14-15H2,1-3H3. The zero-order valence-corrected chi connectivity index (χ0v) is 19.1. The lowest BCUT2D eigenvalue weighted by Gasteiger charge is -2.27. The van der Waals surface area contributed by atoms with Crippen molar-refractivity contribution in [2.24, 2.45) is 0 Å². The largest absolute Gasteiger partial charge is 0.503 e. The van der Waals surface area contributed by atoms with Crippen LogP contribution in [-0.2, 0) is 9.53 Å². The van der Waals surface area contributed by atoms with Crippen LogP contribution in [0.1, 0.15) is 36.0 Å². The molecular formula is C26H28N2O5. The number of rotatable bonds is 9. The number of hydrogen-bond donors (Lipinski definition) is 1. The minimum atomic E-state index is -0.737. The van der Waals surface area contributed by atoms with Crippen molar-refractivity contribution in [2.75, 3.05) is 38.3 Å². The minimum Gasteiger partial charge on any atom is -0.503 e. The summed E-state index contributed by atoms with van der Waals surface area (Å²) in [6.07, 6.45) is 0. The molecule has 0 radical (unpaired) electrons. The van der Waals surface area contributed by atoms with Crippen LogP contribution < -0.4 is 4.90 Å². The van der Waals surface area contributed by atoms with Crippen LogP contribution in [0.25, 0.3) is 11.0 Å². The first-order chi connectivity index (χ1) is 16.0. The number of methoxy groups -OCH3 is 1. The molecule has 0 aliphatic carbocycles. The highest BCUT2D eigenvalue weighted by atomic mass is 16.5. The summed E-state index contributed by atoms with van der Waals surface area (Å²) in [5, 5.41) is 11.5. The predicted molar refractivity (Wildman–Crippen MR) is 127 cm³/mol. The molecule has 1 amide bonds. The fourth-order valence-corrected chi connectivity index (χ4v) is 4.34. The average Bonchev–Trinajstić information content (AvgIpc) is 3.38. The molecule has 1 unspecified atom stereocenters. The monoisotopic (exact) mass is 448 g/mol. The third-order valence-electron chi connectivity index (χ3n) is 6.07. The summed E-state index contributed by atoms with van der Waals surface area (Å²) in [5.74, 6) is -1.56. The van der Waals surface area contributed by atoms with Gasteiger partial charge in [0.25, 0.3) is 5.91 Å². The Bertz CT molecular complexity index is 1160. The number of furan rings is 1. The smallest absolute Gasteiger partial charge is 0.290 e. The SMILES string of the molecule is CCN(CC)c1ccc(C2C(C(=O)c3cc4ccccc4o3)=C(O)C(=O)N2CCOC)cc1. The molecule has 3 aromatic rings. The lowest BCUT2D eigenvalue weighted by molar-refractivity contribution is -0.130. The van der Waals surface area contributed by atoms with E-state index >= 15 is 0 Å². The van der Waals surface area contributed by atoms with E-state index in [1.807, 2.05) is 42.5 Å². The molecule has 2 aromatic carbocycles. The van der Waals surface area contributed by atoms with Gasteiger partial charge in [0, 0.05) is 37.8 Å². The summed E-state index contributed by atoms with van der Waals surface area (Å²) >= 11 is 0. The molecule has 172 valence electrons. The Balaban J connectivity index is 1.76. The molecule has 1 atom stereocenters. The van der Waals surface area contributed by atoms with Crippen LogP contribution in [0.4, 0.5) is 5.69 Å². The molecule has 0 saturated carbocycles. The highest BCUT2D eigenvalue weighted by Crippen LogP contribution is 2.40. The zero-order chi connectivity index (χ0) is 23.5. The van der Waals surface area contributed by atoms with Crippen molar-refractivity contribution in [3.05, 3.63) is 77.3 Å². The van der Waals surface area contributed by atoms with E-state index in [1.165, 1.54) is 4.90 Å². The van der Waals surface area contributed by atoms with Gasteiger partial charge in [0.2, 0.25) is 5.78 Å². The topological polar surface area (TPSA) is 83.2 Å². The van der Waals surface area contributed by atoms with E-state index < -0.39 is 23.5 Å². The van der Waals surface area contributed by atoms with Gasteiger partial charge in [-0.25, -0.2) is 0 Å². The van der Waals surface area contributed by atoms with Crippen molar-refractivity contribution in [3.63, 3.8) is 0 Å². The van der Waals surface area contributed by atoms with Crippen LogP contribution in [0.3, 0.4) is 0 Å². The van der Waals surface area contributed by atoms with Gasteiger partial charge >= 0.3 is 0 Å². The number of aliphatic hydroxyl groups excluding tert-OH is 1. The van der Waals surface area contributed by atoms with Crippen molar-refractivity contribution in [2.45, 2.75) is 19.9 Å². The number of para-hydroxylation sites is 1. The molecule has 1 N–H and O–H groups in total. The Morgan fingerprint density at radius 2 is 1.82 bits per heavy atom. The second-order valence-corrected chi connectivity index (χ2v) is 7.90. The molecule has 33 heavy (non-hydrogen) atoms. The van der Waals surface area contributed by atoms with Gasteiger partial charge in [-0.3, -0.25) is 9.59 Å². The quantitative estimate of drug-likeness (QED) is 0.485. The third-order valence-corrected chi connectivity index (χ3v) is 6.07. The maximum atomic E-state index is 13.5. The summed E-state index contributed by atoms with van der Waals surface area (Å²) in [7, 11) is 1.54. The minimum absolute atomic E-state index is 0.0192. The number of carbonyl (C=O) groups is 2. The summed E-state index contributed by atoms with van der Waals surface area (Å²) in [6, 6.07) is 15.9. The number of carbonyl (C=O) groups excluding carboxylic acids is 2.